The number of methoxy groups -OCH3 is 1. The number of aryl methyl sites for hydroxylation is 1. The summed E-state index contributed by atoms with van der Waals surface area (Å²) in [6.07, 6.45) is 1.64. The third-order valence-electron chi connectivity index (χ3n) is 3.98. The predicted molar refractivity (Wildman–Crippen MR) is 98.7 cm³/mol. The van der Waals surface area contributed by atoms with Gasteiger partial charge in [0.05, 0.1) is 13.4 Å². The fourth-order valence-electron chi connectivity index (χ4n) is 2.30. The zero-order chi connectivity index (χ0) is 17.7. The molecule has 0 aliphatic rings. The molecule has 0 saturated carbocycles. The lowest BCUT2D eigenvalue weighted by Gasteiger charge is -2.22. The zero-order valence-corrected chi connectivity index (χ0v) is 14.9. The van der Waals surface area contributed by atoms with Crippen LogP contribution in [-0.2, 0) is 0 Å². The van der Waals surface area contributed by atoms with Crippen LogP contribution >= 0.6 is 0 Å². The van der Waals surface area contributed by atoms with Crippen molar-refractivity contribution in [1.29, 1.82) is 0 Å². The highest BCUT2D eigenvalue weighted by Crippen LogP contribution is 2.32. The van der Waals surface area contributed by atoms with E-state index in [4.69, 9.17) is 4.74 Å². The van der Waals surface area contributed by atoms with E-state index in [1.807, 2.05) is 62.0 Å². The van der Waals surface area contributed by atoms with Crippen molar-refractivity contribution >= 4 is 23.4 Å². The Morgan fingerprint density at radius 2 is 1.83 bits per heavy atom. The minimum absolute atomic E-state index is 0.336. The fraction of sp³-hybridized carbons (Fsp3) is 0.316. The minimum Gasteiger partial charge on any atom is -0.497 e. The molecule has 4 nitrogen and oxygen atoms in total. The molecule has 5 heteroatoms. The molecule has 0 fully saturated rings. The molecule has 0 unspecified atom stereocenters. The van der Waals surface area contributed by atoms with E-state index >= 15 is 0 Å². The largest absolute Gasteiger partial charge is 0.497 e. The number of benzene rings is 2. The molecule has 0 aliphatic heterocycles. The summed E-state index contributed by atoms with van der Waals surface area (Å²) in [7, 11) is 5.45. The number of rotatable bonds is 6. The summed E-state index contributed by atoms with van der Waals surface area (Å²) < 4.78 is 19.6. The SMILES string of the molecule is CCN(C)C=Nc1cc(C)c(N(C)c2ccc(OC)cc2)cc1F. The first kappa shape index (κ1) is 17.8. The second-order valence-electron chi connectivity index (χ2n) is 5.66. The Kier molecular flexibility index (Phi) is 5.79. The number of hydrogen-bond donors (Lipinski definition) is 0. The highest BCUT2D eigenvalue weighted by atomic mass is 19.1. The molecule has 0 N–H and O–H groups in total. The first-order valence-corrected chi connectivity index (χ1v) is 7.88. The number of nitrogens with zero attached hydrogens (tertiary/aromatic N) is 3. The second-order valence-corrected chi connectivity index (χ2v) is 5.66. The molecule has 2 aromatic carbocycles. The van der Waals surface area contributed by atoms with Crippen LogP contribution in [0.3, 0.4) is 0 Å². The van der Waals surface area contributed by atoms with Crippen LogP contribution in [0.5, 0.6) is 5.75 Å². The van der Waals surface area contributed by atoms with Gasteiger partial charge in [-0.25, -0.2) is 9.38 Å². The number of hydrogen-bond acceptors (Lipinski definition) is 3. The minimum atomic E-state index is -0.336. The lowest BCUT2D eigenvalue weighted by Crippen LogP contribution is -2.14. The van der Waals surface area contributed by atoms with Crippen LogP contribution in [0.25, 0.3) is 0 Å². The van der Waals surface area contributed by atoms with E-state index in [1.54, 1.807) is 19.5 Å². The van der Waals surface area contributed by atoms with Crippen molar-refractivity contribution in [2.45, 2.75) is 13.8 Å². The lowest BCUT2D eigenvalue weighted by atomic mass is 10.1. The van der Waals surface area contributed by atoms with Crippen molar-refractivity contribution in [1.82, 2.24) is 4.90 Å². The van der Waals surface area contributed by atoms with Gasteiger partial charge in [0.15, 0.2) is 5.82 Å². The van der Waals surface area contributed by atoms with Gasteiger partial charge >= 0.3 is 0 Å². The molecule has 24 heavy (non-hydrogen) atoms. The van der Waals surface area contributed by atoms with Crippen LogP contribution in [0.4, 0.5) is 21.5 Å². The summed E-state index contributed by atoms with van der Waals surface area (Å²) >= 11 is 0. The number of anilines is 2. The maximum absolute atomic E-state index is 14.4. The van der Waals surface area contributed by atoms with Crippen molar-refractivity contribution in [3.8, 4) is 5.75 Å². The molecule has 2 aromatic rings. The average molecular weight is 329 g/mol. The Bertz CT molecular complexity index is 713. The number of halogens is 1. The van der Waals surface area contributed by atoms with Gasteiger partial charge in [0.25, 0.3) is 0 Å². The summed E-state index contributed by atoms with van der Waals surface area (Å²) in [5.74, 6) is 0.455. The van der Waals surface area contributed by atoms with Crippen LogP contribution in [0.2, 0.25) is 0 Å². The van der Waals surface area contributed by atoms with Gasteiger partial charge in [0.2, 0.25) is 0 Å². The van der Waals surface area contributed by atoms with Crippen LogP contribution in [0.15, 0.2) is 41.4 Å². The quantitative estimate of drug-likeness (QED) is 0.576. The third-order valence-corrected chi connectivity index (χ3v) is 3.98. The van der Waals surface area contributed by atoms with Crippen molar-refractivity contribution in [2.24, 2.45) is 4.99 Å². The summed E-state index contributed by atoms with van der Waals surface area (Å²) in [5.41, 5.74) is 3.07. The first-order valence-electron chi connectivity index (χ1n) is 7.88. The molecule has 0 radical (unpaired) electrons. The zero-order valence-electron chi connectivity index (χ0n) is 14.9. The Morgan fingerprint density at radius 3 is 2.42 bits per heavy atom. The van der Waals surface area contributed by atoms with E-state index in [9.17, 15) is 4.39 Å². The van der Waals surface area contributed by atoms with Gasteiger partial charge in [-0.3, -0.25) is 0 Å². The molecule has 0 spiro atoms. The Balaban J connectivity index is 2.30. The van der Waals surface area contributed by atoms with Gasteiger partial charge in [-0.1, -0.05) is 0 Å². The van der Waals surface area contributed by atoms with Crippen molar-refractivity contribution in [3.63, 3.8) is 0 Å². The molecule has 0 saturated heterocycles. The topological polar surface area (TPSA) is 28.1 Å². The van der Waals surface area contributed by atoms with E-state index in [-0.39, 0.29) is 5.82 Å². The van der Waals surface area contributed by atoms with Crippen LogP contribution in [0, 0.1) is 12.7 Å². The Morgan fingerprint density at radius 1 is 1.17 bits per heavy atom. The van der Waals surface area contributed by atoms with Crippen LogP contribution < -0.4 is 9.64 Å². The van der Waals surface area contributed by atoms with Gasteiger partial charge in [0, 0.05) is 38.1 Å². The van der Waals surface area contributed by atoms with E-state index in [0.29, 0.717) is 5.69 Å². The van der Waals surface area contributed by atoms with Gasteiger partial charge < -0.3 is 14.5 Å². The first-order chi connectivity index (χ1) is 11.5. The number of ether oxygens (including phenoxy) is 1. The lowest BCUT2D eigenvalue weighted by molar-refractivity contribution is 0.415. The molecule has 0 aliphatic carbocycles. The maximum atomic E-state index is 14.4. The third kappa shape index (κ3) is 4.04. The molecule has 0 heterocycles. The van der Waals surface area contributed by atoms with Crippen molar-refractivity contribution < 1.29 is 9.13 Å². The molecular formula is C19H24FN3O. The molecule has 128 valence electrons. The standard InChI is InChI=1S/C19H24FN3O/c1-6-22(3)13-21-18-11-14(2)19(12-17(18)20)23(4)15-7-9-16(24-5)10-8-15/h7-13H,6H2,1-5H3. The molecule has 0 amide bonds. The second kappa shape index (κ2) is 7.81. The predicted octanol–water partition coefficient (Wildman–Crippen LogP) is 4.52. The normalized spacial score (nSPS) is 10.9. The van der Waals surface area contributed by atoms with Crippen LogP contribution in [-0.4, -0.2) is 39.0 Å². The Hall–Kier alpha value is -2.56. The highest BCUT2D eigenvalue weighted by molar-refractivity contribution is 5.70. The highest BCUT2D eigenvalue weighted by Gasteiger charge is 2.12. The summed E-state index contributed by atoms with van der Waals surface area (Å²) in [6.45, 7) is 4.79. The van der Waals surface area contributed by atoms with Crippen LogP contribution in [0.1, 0.15) is 12.5 Å². The van der Waals surface area contributed by atoms with Crippen molar-refractivity contribution in [2.75, 3.05) is 32.6 Å². The van der Waals surface area contributed by atoms with E-state index in [2.05, 4.69) is 4.99 Å². The molecule has 0 aromatic heterocycles. The van der Waals surface area contributed by atoms with Gasteiger partial charge in [-0.15, -0.1) is 0 Å². The molecule has 0 bridgehead atoms. The summed E-state index contributed by atoms with van der Waals surface area (Å²) in [6, 6.07) is 11.0. The molecular weight excluding hydrogens is 305 g/mol. The number of aliphatic imine (C=N–C) groups is 1. The van der Waals surface area contributed by atoms with E-state index in [0.717, 1.165) is 29.2 Å². The smallest absolute Gasteiger partial charge is 0.150 e. The Labute approximate surface area is 143 Å². The summed E-state index contributed by atoms with van der Waals surface area (Å²) in [5, 5.41) is 0. The van der Waals surface area contributed by atoms with Gasteiger partial charge in [-0.05, 0) is 49.7 Å². The molecule has 2 rings (SSSR count). The fourth-order valence-corrected chi connectivity index (χ4v) is 2.30. The summed E-state index contributed by atoms with van der Waals surface area (Å²) in [4.78, 5) is 8.07. The van der Waals surface area contributed by atoms with Crippen molar-refractivity contribution in [3.05, 3.63) is 47.8 Å². The maximum Gasteiger partial charge on any atom is 0.150 e. The molecule has 0 atom stereocenters. The van der Waals surface area contributed by atoms with E-state index in [1.165, 1.54) is 6.07 Å². The average Bonchev–Trinajstić information content (AvgIpc) is 2.61. The van der Waals surface area contributed by atoms with Gasteiger partial charge in [0.1, 0.15) is 11.4 Å². The van der Waals surface area contributed by atoms with E-state index < -0.39 is 0 Å². The monoisotopic (exact) mass is 329 g/mol. The van der Waals surface area contributed by atoms with Gasteiger partial charge in [-0.2, -0.15) is 0 Å².